The van der Waals surface area contributed by atoms with Gasteiger partial charge < -0.3 is 19.4 Å². The Bertz CT molecular complexity index is 693. The molecule has 28 heavy (non-hydrogen) atoms. The number of para-hydroxylation sites is 1. The lowest BCUT2D eigenvalue weighted by Gasteiger charge is -2.28. The first-order chi connectivity index (χ1) is 13.5. The minimum Gasteiger partial charge on any atom is -0.493 e. The Hall–Kier alpha value is -2.08. The average Bonchev–Trinajstić information content (AvgIpc) is 3.37. The highest BCUT2D eigenvalue weighted by molar-refractivity contribution is 6.00. The number of likely N-dealkylation sites (tertiary alicyclic amines) is 2. The number of carbonyl (C=O) groups is 2. The molecular weight excluding hydrogens is 354 g/mol. The van der Waals surface area contributed by atoms with Gasteiger partial charge in [0.25, 0.3) is 5.91 Å². The van der Waals surface area contributed by atoms with Crippen molar-refractivity contribution >= 4 is 11.8 Å². The van der Waals surface area contributed by atoms with Gasteiger partial charge in [0.2, 0.25) is 5.91 Å². The fourth-order valence-electron chi connectivity index (χ4n) is 4.31. The number of amides is 2. The van der Waals surface area contributed by atoms with E-state index in [1.165, 1.54) is 0 Å². The van der Waals surface area contributed by atoms with Gasteiger partial charge in [0.15, 0.2) is 0 Å². The Morgan fingerprint density at radius 2 is 1.96 bits per heavy atom. The largest absolute Gasteiger partial charge is 0.493 e. The SMILES string of the molecule is CCOc1ccccc1C(=O)N1CCCC1C(=O)N1CCC(CN(C)CC)C1. The maximum atomic E-state index is 13.2. The summed E-state index contributed by atoms with van der Waals surface area (Å²) in [5.74, 6) is 1.14. The van der Waals surface area contributed by atoms with Crippen LogP contribution in [0.1, 0.15) is 43.5 Å². The second-order valence-electron chi connectivity index (χ2n) is 7.88. The van der Waals surface area contributed by atoms with E-state index in [4.69, 9.17) is 4.74 Å². The summed E-state index contributed by atoms with van der Waals surface area (Å²) < 4.78 is 5.63. The van der Waals surface area contributed by atoms with Crippen LogP contribution in [0, 0.1) is 5.92 Å². The van der Waals surface area contributed by atoms with E-state index >= 15 is 0 Å². The summed E-state index contributed by atoms with van der Waals surface area (Å²) in [6.07, 6.45) is 2.66. The lowest BCUT2D eigenvalue weighted by Crippen LogP contribution is -2.47. The van der Waals surface area contributed by atoms with E-state index in [-0.39, 0.29) is 17.9 Å². The van der Waals surface area contributed by atoms with E-state index in [0.717, 1.165) is 45.4 Å². The molecule has 0 aromatic heterocycles. The molecule has 6 heteroatoms. The molecule has 0 bridgehead atoms. The summed E-state index contributed by atoms with van der Waals surface area (Å²) in [5.41, 5.74) is 0.549. The molecule has 1 aromatic carbocycles. The van der Waals surface area contributed by atoms with Crippen LogP contribution in [0.5, 0.6) is 5.75 Å². The molecule has 6 nitrogen and oxygen atoms in total. The molecule has 0 saturated carbocycles. The molecule has 3 rings (SSSR count). The maximum absolute atomic E-state index is 13.2. The predicted molar refractivity (Wildman–Crippen MR) is 110 cm³/mol. The second-order valence-corrected chi connectivity index (χ2v) is 7.88. The van der Waals surface area contributed by atoms with Gasteiger partial charge in [-0.05, 0) is 57.8 Å². The summed E-state index contributed by atoms with van der Waals surface area (Å²) in [6, 6.07) is 6.98. The fourth-order valence-corrected chi connectivity index (χ4v) is 4.31. The zero-order valence-corrected chi connectivity index (χ0v) is 17.4. The molecule has 2 unspecified atom stereocenters. The average molecular weight is 388 g/mol. The monoisotopic (exact) mass is 387 g/mol. The Balaban J connectivity index is 1.68. The van der Waals surface area contributed by atoms with Crippen LogP contribution in [0.15, 0.2) is 24.3 Å². The van der Waals surface area contributed by atoms with Gasteiger partial charge in [0.05, 0.1) is 12.2 Å². The van der Waals surface area contributed by atoms with Gasteiger partial charge in [-0.3, -0.25) is 9.59 Å². The van der Waals surface area contributed by atoms with Gasteiger partial charge in [-0.1, -0.05) is 19.1 Å². The van der Waals surface area contributed by atoms with Crippen molar-refractivity contribution in [2.75, 3.05) is 46.4 Å². The van der Waals surface area contributed by atoms with Crippen molar-refractivity contribution in [1.29, 1.82) is 0 Å². The zero-order valence-electron chi connectivity index (χ0n) is 17.4. The van der Waals surface area contributed by atoms with E-state index in [9.17, 15) is 9.59 Å². The van der Waals surface area contributed by atoms with Gasteiger partial charge in [-0.15, -0.1) is 0 Å². The first-order valence-electron chi connectivity index (χ1n) is 10.5. The number of hydrogen-bond acceptors (Lipinski definition) is 4. The van der Waals surface area contributed by atoms with Crippen LogP contribution < -0.4 is 4.74 Å². The van der Waals surface area contributed by atoms with E-state index in [1.807, 2.05) is 30.0 Å². The van der Waals surface area contributed by atoms with E-state index in [0.29, 0.717) is 30.4 Å². The molecule has 0 aliphatic carbocycles. The smallest absolute Gasteiger partial charge is 0.258 e. The molecule has 0 radical (unpaired) electrons. The van der Waals surface area contributed by atoms with Gasteiger partial charge in [-0.2, -0.15) is 0 Å². The molecule has 2 heterocycles. The van der Waals surface area contributed by atoms with Crippen molar-refractivity contribution in [2.45, 2.75) is 39.2 Å². The van der Waals surface area contributed by atoms with Gasteiger partial charge in [0.1, 0.15) is 11.8 Å². The van der Waals surface area contributed by atoms with Crippen LogP contribution in [-0.4, -0.2) is 78.9 Å². The summed E-state index contributed by atoms with van der Waals surface area (Å²) in [7, 11) is 2.12. The fraction of sp³-hybridized carbons (Fsp3) is 0.636. The lowest BCUT2D eigenvalue weighted by molar-refractivity contribution is -0.134. The molecular formula is C22H33N3O3. The molecule has 2 atom stereocenters. The molecule has 154 valence electrons. The van der Waals surface area contributed by atoms with Crippen molar-refractivity contribution < 1.29 is 14.3 Å². The number of rotatable bonds is 7. The highest BCUT2D eigenvalue weighted by Gasteiger charge is 2.39. The van der Waals surface area contributed by atoms with Crippen molar-refractivity contribution in [3.63, 3.8) is 0 Å². The molecule has 2 aliphatic rings. The van der Waals surface area contributed by atoms with E-state index in [1.54, 1.807) is 11.0 Å². The number of benzene rings is 1. The van der Waals surface area contributed by atoms with Crippen LogP contribution in [-0.2, 0) is 4.79 Å². The van der Waals surface area contributed by atoms with Crippen molar-refractivity contribution in [2.24, 2.45) is 5.92 Å². The number of hydrogen-bond donors (Lipinski definition) is 0. The lowest BCUT2D eigenvalue weighted by atomic mass is 10.1. The molecule has 1 aromatic rings. The molecule has 2 aliphatic heterocycles. The maximum Gasteiger partial charge on any atom is 0.258 e. The molecule has 2 saturated heterocycles. The second kappa shape index (κ2) is 9.41. The topological polar surface area (TPSA) is 53.1 Å². The van der Waals surface area contributed by atoms with E-state index < -0.39 is 0 Å². The van der Waals surface area contributed by atoms with Gasteiger partial charge in [0, 0.05) is 26.2 Å². The van der Waals surface area contributed by atoms with Crippen LogP contribution in [0.4, 0.5) is 0 Å². The quantitative estimate of drug-likeness (QED) is 0.721. The molecule has 2 amide bonds. The van der Waals surface area contributed by atoms with Crippen LogP contribution >= 0.6 is 0 Å². The van der Waals surface area contributed by atoms with Crippen LogP contribution in [0.2, 0.25) is 0 Å². The van der Waals surface area contributed by atoms with Gasteiger partial charge >= 0.3 is 0 Å². The normalized spacial score (nSPS) is 22.1. The first kappa shape index (κ1) is 20.6. The van der Waals surface area contributed by atoms with Crippen molar-refractivity contribution in [3.05, 3.63) is 29.8 Å². The Morgan fingerprint density at radius 1 is 1.18 bits per heavy atom. The summed E-state index contributed by atoms with van der Waals surface area (Å²) in [5, 5.41) is 0. The summed E-state index contributed by atoms with van der Waals surface area (Å²) >= 11 is 0. The van der Waals surface area contributed by atoms with E-state index in [2.05, 4.69) is 18.9 Å². The minimum absolute atomic E-state index is 0.0960. The summed E-state index contributed by atoms with van der Waals surface area (Å²) in [6.45, 7) is 8.85. The highest BCUT2D eigenvalue weighted by atomic mass is 16.5. The number of nitrogens with zero attached hydrogens (tertiary/aromatic N) is 3. The van der Waals surface area contributed by atoms with Crippen molar-refractivity contribution in [1.82, 2.24) is 14.7 Å². The Kier molecular flexibility index (Phi) is 6.94. The third-order valence-corrected chi connectivity index (χ3v) is 5.92. The third kappa shape index (κ3) is 4.49. The third-order valence-electron chi connectivity index (χ3n) is 5.92. The highest BCUT2D eigenvalue weighted by Crippen LogP contribution is 2.28. The van der Waals surface area contributed by atoms with Crippen LogP contribution in [0.25, 0.3) is 0 Å². The number of ether oxygens (including phenoxy) is 1. The first-order valence-corrected chi connectivity index (χ1v) is 10.5. The van der Waals surface area contributed by atoms with Crippen LogP contribution in [0.3, 0.4) is 0 Å². The standard InChI is InChI=1S/C22H33N3O3/c1-4-23(3)15-17-12-14-24(16-17)22(27)19-10-8-13-25(19)21(26)18-9-6-7-11-20(18)28-5-2/h6-7,9,11,17,19H,4-5,8,10,12-16H2,1-3H3. The Labute approximate surface area is 168 Å². The van der Waals surface area contributed by atoms with Gasteiger partial charge in [-0.25, -0.2) is 0 Å². The Morgan fingerprint density at radius 3 is 2.71 bits per heavy atom. The van der Waals surface area contributed by atoms with Crippen molar-refractivity contribution in [3.8, 4) is 5.75 Å². The predicted octanol–water partition coefficient (Wildman–Crippen LogP) is 2.49. The number of carbonyl (C=O) groups excluding carboxylic acids is 2. The zero-order chi connectivity index (χ0) is 20.1. The minimum atomic E-state index is -0.343. The molecule has 0 spiro atoms. The molecule has 0 N–H and O–H groups in total. The molecule has 2 fully saturated rings. The summed E-state index contributed by atoms with van der Waals surface area (Å²) in [4.78, 5) is 32.4.